The van der Waals surface area contributed by atoms with E-state index in [9.17, 15) is 18.0 Å². The van der Waals surface area contributed by atoms with Gasteiger partial charge >= 0.3 is 0 Å². The smallest absolute Gasteiger partial charge is 0.228 e. The Morgan fingerprint density at radius 1 is 1.10 bits per heavy atom. The van der Waals surface area contributed by atoms with Gasteiger partial charge in [-0.25, -0.2) is 13.2 Å². The third kappa shape index (κ3) is 3.85. The number of carbonyl (C=O) groups is 1. The standard InChI is InChI=1S/C15H11BrF3NO/c1-8-4-12(18)10(16)7-14(8)20-15(21)6-9-2-3-11(17)13(19)5-9/h2-5,7H,6H2,1H3,(H,20,21). The molecule has 0 fully saturated rings. The van der Waals surface area contributed by atoms with Gasteiger partial charge < -0.3 is 5.32 Å². The van der Waals surface area contributed by atoms with E-state index in [1.807, 2.05) is 0 Å². The first-order valence-electron chi connectivity index (χ1n) is 6.06. The minimum Gasteiger partial charge on any atom is -0.326 e. The van der Waals surface area contributed by atoms with Crippen LogP contribution in [0.25, 0.3) is 0 Å². The molecule has 0 heterocycles. The van der Waals surface area contributed by atoms with Crippen molar-refractivity contribution in [2.45, 2.75) is 13.3 Å². The summed E-state index contributed by atoms with van der Waals surface area (Å²) in [6.07, 6.45) is -0.106. The van der Waals surface area contributed by atoms with Crippen LogP contribution in [0.1, 0.15) is 11.1 Å². The topological polar surface area (TPSA) is 29.1 Å². The van der Waals surface area contributed by atoms with E-state index >= 15 is 0 Å². The molecule has 0 aliphatic rings. The summed E-state index contributed by atoms with van der Waals surface area (Å²) < 4.78 is 39.4. The summed E-state index contributed by atoms with van der Waals surface area (Å²) in [5.74, 6) is -2.79. The molecule has 2 aromatic rings. The first-order chi connectivity index (χ1) is 9.86. The summed E-state index contributed by atoms with van der Waals surface area (Å²) in [7, 11) is 0. The molecule has 0 saturated carbocycles. The minimum atomic E-state index is -0.999. The molecule has 0 bridgehead atoms. The summed E-state index contributed by atoms with van der Waals surface area (Å²) in [4.78, 5) is 11.9. The number of aryl methyl sites for hydroxylation is 1. The van der Waals surface area contributed by atoms with Gasteiger partial charge in [-0.2, -0.15) is 0 Å². The molecule has 0 unspecified atom stereocenters. The van der Waals surface area contributed by atoms with Gasteiger partial charge in [0, 0.05) is 5.69 Å². The molecule has 0 spiro atoms. The summed E-state index contributed by atoms with van der Waals surface area (Å²) in [6.45, 7) is 1.66. The second kappa shape index (κ2) is 6.30. The van der Waals surface area contributed by atoms with Gasteiger partial charge in [0.15, 0.2) is 11.6 Å². The van der Waals surface area contributed by atoms with Crippen LogP contribution >= 0.6 is 15.9 Å². The molecule has 0 aromatic heterocycles. The van der Waals surface area contributed by atoms with E-state index in [4.69, 9.17) is 0 Å². The zero-order valence-corrected chi connectivity index (χ0v) is 12.6. The van der Waals surface area contributed by atoms with Crippen molar-refractivity contribution in [1.82, 2.24) is 0 Å². The Morgan fingerprint density at radius 3 is 2.48 bits per heavy atom. The molecule has 6 heteroatoms. The number of hydrogen-bond donors (Lipinski definition) is 1. The highest BCUT2D eigenvalue weighted by Gasteiger charge is 2.10. The van der Waals surface area contributed by atoms with E-state index in [-0.39, 0.29) is 10.9 Å². The van der Waals surface area contributed by atoms with Gasteiger partial charge in [0.2, 0.25) is 5.91 Å². The summed E-state index contributed by atoms with van der Waals surface area (Å²) >= 11 is 3.04. The lowest BCUT2D eigenvalue weighted by atomic mass is 10.1. The lowest BCUT2D eigenvalue weighted by molar-refractivity contribution is -0.115. The zero-order valence-electron chi connectivity index (χ0n) is 11.0. The predicted molar refractivity (Wildman–Crippen MR) is 77.5 cm³/mol. The van der Waals surface area contributed by atoms with Crippen LogP contribution in [0, 0.1) is 24.4 Å². The maximum Gasteiger partial charge on any atom is 0.228 e. The highest BCUT2D eigenvalue weighted by molar-refractivity contribution is 9.10. The number of rotatable bonds is 3. The van der Waals surface area contributed by atoms with Crippen LogP contribution in [0.5, 0.6) is 0 Å². The normalized spacial score (nSPS) is 10.5. The Balaban J connectivity index is 2.11. The van der Waals surface area contributed by atoms with Crippen LogP contribution in [0.15, 0.2) is 34.8 Å². The minimum absolute atomic E-state index is 0.106. The number of hydrogen-bond acceptors (Lipinski definition) is 1. The second-order valence-corrected chi connectivity index (χ2v) is 5.41. The second-order valence-electron chi connectivity index (χ2n) is 4.55. The molecule has 0 saturated heterocycles. The quantitative estimate of drug-likeness (QED) is 0.868. The first kappa shape index (κ1) is 15.6. The molecule has 1 amide bonds. The van der Waals surface area contributed by atoms with Gasteiger partial charge in [0.1, 0.15) is 5.82 Å². The monoisotopic (exact) mass is 357 g/mol. The molecule has 2 aromatic carbocycles. The summed E-state index contributed by atoms with van der Waals surface area (Å²) in [5, 5.41) is 2.61. The van der Waals surface area contributed by atoms with Crippen molar-refractivity contribution >= 4 is 27.5 Å². The van der Waals surface area contributed by atoms with E-state index in [0.717, 1.165) is 12.1 Å². The molecule has 2 rings (SSSR count). The fourth-order valence-corrected chi connectivity index (χ4v) is 2.15. The number of nitrogens with one attached hydrogen (secondary N) is 1. The largest absolute Gasteiger partial charge is 0.326 e. The first-order valence-corrected chi connectivity index (χ1v) is 6.85. The van der Waals surface area contributed by atoms with Crippen molar-refractivity contribution < 1.29 is 18.0 Å². The van der Waals surface area contributed by atoms with Crippen molar-refractivity contribution in [2.24, 2.45) is 0 Å². The van der Waals surface area contributed by atoms with Crippen LogP contribution in [-0.2, 0) is 11.2 Å². The van der Waals surface area contributed by atoms with E-state index in [2.05, 4.69) is 21.2 Å². The van der Waals surface area contributed by atoms with Crippen molar-refractivity contribution in [2.75, 3.05) is 5.32 Å². The van der Waals surface area contributed by atoms with Crippen molar-refractivity contribution in [3.63, 3.8) is 0 Å². The molecule has 0 atom stereocenters. The molecule has 0 radical (unpaired) electrons. The maximum absolute atomic E-state index is 13.3. The zero-order chi connectivity index (χ0) is 15.6. The van der Waals surface area contributed by atoms with Gasteiger partial charge in [-0.1, -0.05) is 6.07 Å². The Morgan fingerprint density at radius 2 is 1.81 bits per heavy atom. The predicted octanol–water partition coefficient (Wildman–Crippen LogP) is 4.36. The Hall–Kier alpha value is -1.82. The van der Waals surface area contributed by atoms with E-state index in [1.54, 1.807) is 6.92 Å². The SMILES string of the molecule is Cc1cc(F)c(Br)cc1NC(=O)Cc1ccc(F)c(F)c1. The van der Waals surface area contributed by atoms with Crippen LogP contribution in [0.4, 0.5) is 18.9 Å². The van der Waals surface area contributed by atoms with Crippen molar-refractivity contribution in [1.29, 1.82) is 0 Å². The van der Waals surface area contributed by atoms with Crippen molar-refractivity contribution in [3.05, 3.63) is 63.4 Å². The van der Waals surface area contributed by atoms with E-state index < -0.39 is 23.4 Å². The van der Waals surface area contributed by atoms with Crippen LogP contribution in [-0.4, -0.2) is 5.91 Å². The highest BCUT2D eigenvalue weighted by Crippen LogP contribution is 2.24. The number of halogens is 4. The molecule has 21 heavy (non-hydrogen) atoms. The third-order valence-corrected chi connectivity index (χ3v) is 3.50. The molecule has 2 nitrogen and oxygen atoms in total. The fourth-order valence-electron chi connectivity index (χ4n) is 1.81. The number of carbonyl (C=O) groups excluding carboxylic acids is 1. The molecular formula is C15H11BrF3NO. The number of amides is 1. The lowest BCUT2D eigenvalue weighted by Crippen LogP contribution is -2.15. The van der Waals surface area contributed by atoms with Crippen LogP contribution in [0.3, 0.4) is 0 Å². The van der Waals surface area contributed by atoms with E-state index in [0.29, 0.717) is 16.8 Å². The lowest BCUT2D eigenvalue weighted by Gasteiger charge is -2.10. The number of anilines is 1. The Labute approximate surface area is 128 Å². The fraction of sp³-hybridized carbons (Fsp3) is 0.133. The number of benzene rings is 2. The van der Waals surface area contributed by atoms with Crippen LogP contribution < -0.4 is 5.32 Å². The van der Waals surface area contributed by atoms with Crippen LogP contribution in [0.2, 0.25) is 0 Å². The van der Waals surface area contributed by atoms with Gasteiger partial charge in [0.25, 0.3) is 0 Å². The Kier molecular flexibility index (Phi) is 4.67. The van der Waals surface area contributed by atoms with Gasteiger partial charge in [0.05, 0.1) is 10.9 Å². The third-order valence-electron chi connectivity index (χ3n) is 2.89. The van der Waals surface area contributed by atoms with Gasteiger partial charge in [-0.3, -0.25) is 4.79 Å². The molecule has 0 aliphatic carbocycles. The average molecular weight is 358 g/mol. The maximum atomic E-state index is 13.3. The molecule has 110 valence electrons. The molecule has 1 N–H and O–H groups in total. The Bertz CT molecular complexity index is 704. The summed E-state index contributed by atoms with van der Waals surface area (Å²) in [5.41, 5.74) is 1.37. The summed E-state index contributed by atoms with van der Waals surface area (Å²) in [6, 6.07) is 6.02. The van der Waals surface area contributed by atoms with Crippen molar-refractivity contribution in [3.8, 4) is 0 Å². The van der Waals surface area contributed by atoms with Gasteiger partial charge in [-0.05, 0) is 58.2 Å². The molecule has 0 aliphatic heterocycles. The van der Waals surface area contributed by atoms with E-state index in [1.165, 1.54) is 18.2 Å². The average Bonchev–Trinajstić information content (AvgIpc) is 2.40. The molecular weight excluding hydrogens is 347 g/mol. The highest BCUT2D eigenvalue weighted by atomic mass is 79.9. The van der Waals surface area contributed by atoms with Gasteiger partial charge in [-0.15, -0.1) is 0 Å².